The Hall–Kier alpha value is -2.25. The number of benzene rings is 1. The van der Waals surface area contributed by atoms with Gasteiger partial charge in [0, 0.05) is 24.0 Å². The van der Waals surface area contributed by atoms with Crippen molar-refractivity contribution in [3.8, 4) is 0 Å². The molecule has 0 radical (unpaired) electrons. The average Bonchev–Trinajstić information content (AvgIpc) is 3.43. The highest BCUT2D eigenvalue weighted by molar-refractivity contribution is 7.14. The van der Waals surface area contributed by atoms with E-state index in [0.717, 1.165) is 51.0 Å². The Morgan fingerprint density at radius 2 is 1.78 bits per heavy atom. The fourth-order valence-electron chi connectivity index (χ4n) is 4.55. The third kappa shape index (κ3) is 5.38. The molecule has 1 aromatic carbocycles. The van der Waals surface area contributed by atoms with Crippen LogP contribution in [0.4, 0.5) is 5.13 Å². The van der Waals surface area contributed by atoms with Crippen LogP contribution >= 0.6 is 11.3 Å². The van der Waals surface area contributed by atoms with Crippen molar-refractivity contribution in [2.24, 2.45) is 0 Å². The number of carbonyl (C=O) groups excluding carboxylic acids is 2. The summed E-state index contributed by atoms with van der Waals surface area (Å²) in [6.07, 6.45) is 5.52. The van der Waals surface area contributed by atoms with Crippen molar-refractivity contribution in [2.45, 2.75) is 64.3 Å². The maximum absolute atomic E-state index is 12.7. The summed E-state index contributed by atoms with van der Waals surface area (Å²) in [6, 6.07) is 7.91. The van der Waals surface area contributed by atoms with Gasteiger partial charge in [-0.3, -0.25) is 19.8 Å². The maximum Gasteiger partial charge on any atom is 0.257 e. The van der Waals surface area contributed by atoms with Crippen molar-refractivity contribution in [1.29, 1.82) is 0 Å². The molecule has 2 amide bonds. The first-order valence-corrected chi connectivity index (χ1v) is 12.6. The molecule has 0 bridgehead atoms. The Bertz CT molecular complexity index is 942. The van der Waals surface area contributed by atoms with E-state index < -0.39 is 0 Å². The number of hydrogen-bond acceptors (Lipinski definition) is 5. The molecular weight excluding hydrogens is 420 g/mol. The van der Waals surface area contributed by atoms with Gasteiger partial charge in [0.15, 0.2) is 5.13 Å². The number of thiazole rings is 1. The Balaban J connectivity index is 1.37. The van der Waals surface area contributed by atoms with Crippen LogP contribution in [0.5, 0.6) is 0 Å². The second-order valence-electron chi connectivity index (χ2n) is 9.93. The van der Waals surface area contributed by atoms with Crippen molar-refractivity contribution in [3.05, 3.63) is 46.5 Å². The molecule has 3 heterocycles. The van der Waals surface area contributed by atoms with Crippen molar-refractivity contribution in [3.63, 3.8) is 0 Å². The van der Waals surface area contributed by atoms with Gasteiger partial charge in [0.25, 0.3) is 5.91 Å². The monoisotopic (exact) mass is 454 g/mol. The minimum Gasteiger partial charge on any atom is -0.342 e. The predicted octanol–water partition coefficient (Wildman–Crippen LogP) is 4.84. The van der Waals surface area contributed by atoms with Gasteiger partial charge >= 0.3 is 0 Å². The van der Waals surface area contributed by atoms with Gasteiger partial charge in [0.1, 0.15) is 0 Å². The van der Waals surface area contributed by atoms with E-state index in [2.05, 4.69) is 31.0 Å². The van der Waals surface area contributed by atoms with E-state index in [9.17, 15) is 9.59 Å². The van der Waals surface area contributed by atoms with Gasteiger partial charge in [-0.1, -0.05) is 32.9 Å². The lowest BCUT2D eigenvalue weighted by atomic mass is 9.87. The molecule has 32 heavy (non-hydrogen) atoms. The van der Waals surface area contributed by atoms with Crippen LogP contribution in [-0.4, -0.2) is 52.8 Å². The molecule has 7 heteroatoms. The van der Waals surface area contributed by atoms with E-state index in [0.29, 0.717) is 17.2 Å². The van der Waals surface area contributed by atoms with Crippen molar-refractivity contribution in [1.82, 2.24) is 14.8 Å². The zero-order chi connectivity index (χ0) is 22.7. The van der Waals surface area contributed by atoms with Crippen LogP contribution in [0.1, 0.15) is 80.5 Å². The van der Waals surface area contributed by atoms with Crippen molar-refractivity contribution in [2.75, 3.05) is 31.5 Å². The number of nitrogens with zero attached hydrogens (tertiary/aromatic N) is 3. The van der Waals surface area contributed by atoms with E-state index in [1.54, 1.807) is 0 Å². The topological polar surface area (TPSA) is 65.5 Å². The van der Waals surface area contributed by atoms with Crippen LogP contribution in [0, 0.1) is 0 Å². The summed E-state index contributed by atoms with van der Waals surface area (Å²) in [5.74, 6) is 0.0916. The number of piperidine rings is 1. The first kappa shape index (κ1) is 22.9. The second kappa shape index (κ2) is 9.71. The van der Waals surface area contributed by atoms with E-state index >= 15 is 0 Å². The first-order valence-electron chi connectivity index (χ1n) is 11.7. The minimum atomic E-state index is -0.144. The van der Waals surface area contributed by atoms with Gasteiger partial charge in [0.2, 0.25) is 5.91 Å². The van der Waals surface area contributed by atoms with E-state index in [1.165, 1.54) is 23.3 Å². The Kier molecular flexibility index (Phi) is 6.96. The predicted molar refractivity (Wildman–Crippen MR) is 129 cm³/mol. The Morgan fingerprint density at radius 1 is 1.06 bits per heavy atom. The molecule has 1 aromatic heterocycles. The lowest BCUT2D eigenvalue weighted by Gasteiger charge is -2.30. The number of carbonyl (C=O) groups is 2. The molecule has 1 atom stereocenters. The summed E-state index contributed by atoms with van der Waals surface area (Å²) in [6.45, 7) is 9.64. The molecule has 0 spiro atoms. The molecule has 0 aliphatic carbocycles. The molecule has 0 unspecified atom stereocenters. The number of rotatable bonds is 5. The zero-order valence-electron chi connectivity index (χ0n) is 19.4. The number of amides is 2. The molecule has 2 aliphatic heterocycles. The second-order valence-corrected chi connectivity index (χ2v) is 10.8. The maximum atomic E-state index is 12.7. The van der Waals surface area contributed by atoms with Gasteiger partial charge in [-0.05, 0) is 61.8 Å². The lowest BCUT2D eigenvalue weighted by Crippen LogP contribution is -2.42. The fraction of sp³-hybridized carbons (Fsp3) is 0.560. The van der Waals surface area contributed by atoms with Crippen LogP contribution in [0.2, 0.25) is 0 Å². The molecular formula is C25H34N4O2S. The van der Waals surface area contributed by atoms with Crippen LogP contribution in [-0.2, 0) is 10.2 Å². The standard InChI is InChI=1S/C25H34N4O2S/c1-25(2,3)19-11-9-18(10-12-19)23(31)27-24-26-20(17-32-24)21-8-7-15-29(21)16-22(30)28-13-5-4-6-14-28/h9-12,17,21H,4-8,13-16H2,1-3H3,(H,26,27,31)/t21-/m0/s1. The first-order chi connectivity index (χ1) is 15.3. The Labute approximate surface area is 195 Å². The summed E-state index contributed by atoms with van der Waals surface area (Å²) in [5.41, 5.74) is 2.84. The molecule has 2 saturated heterocycles. The van der Waals surface area contributed by atoms with Crippen LogP contribution in [0.25, 0.3) is 0 Å². The Morgan fingerprint density at radius 3 is 2.47 bits per heavy atom. The third-order valence-corrected chi connectivity index (χ3v) is 7.28. The highest BCUT2D eigenvalue weighted by Gasteiger charge is 2.31. The van der Waals surface area contributed by atoms with Crippen molar-refractivity contribution < 1.29 is 9.59 Å². The highest BCUT2D eigenvalue weighted by Crippen LogP contribution is 2.33. The quantitative estimate of drug-likeness (QED) is 0.702. The fourth-order valence-corrected chi connectivity index (χ4v) is 5.31. The number of aromatic nitrogens is 1. The van der Waals surface area contributed by atoms with Crippen LogP contribution in [0.15, 0.2) is 29.6 Å². The highest BCUT2D eigenvalue weighted by atomic mass is 32.1. The molecule has 172 valence electrons. The smallest absolute Gasteiger partial charge is 0.257 e. The number of likely N-dealkylation sites (tertiary alicyclic amines) is 2. The number of nitrogens with one attached hydrogen (secondary N) is 1. The largest absolute Gasteiger partial charge is 0.342 e. The normalized spacial score (nSPS) is 19.8. The number of anilines is 1. The minimum absolute atomic E-state index is 0.0573. The summed E-state index contributed by atoms with van der Waals surface area (Å²) >= 11 is 1.45. The molecule has 2 aromatic rings. The molecule has 1 N–H and O–H groups in total. The lowest BCUT2D eigenvalue weighted by molar-refractivity contribution is -0.133. The molecule has 2 aliphatic rings. The van der Waals surface area contributed by atoms with Gasteiger partial charge in [-0.2, -0.15) is 0 Å². The third-order valence-electron chi connectivity index (χ3n) is 6.51. The van der Waals surface area contributed by atoms with Gasteiger partial charge < -0.3 is 4.90 Å². The van der Waals surface area contributed by atoms with Gasteiger partial charge in [0.05, 0.1) is 18.3 Å². The van der Waals surface area contributed by atoms with Gasteiger partial charge in [-0.25, -0.2) is 4.98 Å². The summed E-state index contributed by atoms with van der Waals surface area (Å²) in [7, 11) is 0. The van der Waals surface area contributed by atoms with Crippen LogP contribution < -0.4 is 5.32 Å². The van der Waals surface area contributed by atoms with Gasteiger partial charge in [-0.15, -0.1) is 11.3 Å². The molecule has 2 fully saturated rings. The summed E-state index contributed by atoms with van der Waals surface area (Å²) in [4.78, 5) is 34.4. The molecule has 4 rings (SSSR count). The number of hydrogen-bond donors (Lipinski definition) is 1. The summed E-state index contributed by atoms with van der Waals surface area (Å²) < 4.78 is 0. The zero-order valence-corrected chi connectivity index (χ0v) is 20.2. The molecule has 0 saturated carbocycles. The average molecular weight is 455 g/mol. The van der Waals surface area contributed by atoms with Crippen molar-refractivity contribution >= 4 is 28.3 Å². The molecule has 6 nitrogen and oxygen atoms in total. The van der Waals surface area contributed by atoms with E-state index in [-0.39, 0.29) is 23.3 Å². The SMILES string of the molecule is CC(C)(C)c1ccc(C(=O)Nc2nc([C@@H]3CCCN3CC(=O)N3CCCCC3)cs2)cc1. The summed E-state index contributed by atoms with van der Waals surface area (Å²) in [5, 5.41) is 5.57. The van der Waals surface area contributed by atoms with Crippen LogP contribution in [0.3, 0.4) is 0 Å². The van der Waals surface area contributed by atoms with E-state index in [1.807, 2.05) is 34.5 Å². The van der Waals surface area contributed by atoms with E-state index in [4.69, 9.17) is 4.98 Å².